The first kappa shape index (κ1) is 19.9. The van der Waals surface area contributed by atoms with Crippen molar-refractivity contribution in [2.24, 2.45) is 0 Å². The lowest BCUT2D eigenvalue weighted by Gasteiger charge is -2.36. The lowest BCUT2D eigenvalue weighted by molar-refractivity contribution is 0.198. The Balaban J connectivity index is 0.00000132. The van der Waals surface area contributed by atoms with Gasteiger partial charge in [0.2, 0.25) is 0 Å². The lowest BCUT2D eigenvalue weighted by Crippen LogP contribution is -2.49. The van der Waals surface area contributed by atoms with Gasteiger partial charge in [-0.05, 0) is 31.5 Å². The average Bonchev–Trinajstić information content (AvgIpc) is 2.93. The van der Waals surface area contributed by atoms with Crippen LogP contribution in [-0.2, 0) is 0 Å². The fourth-order valence-electron chi connectivity index (χ4n) is 3.25. The maximum Gasteiger partial charge on any atom is 0.101 e. The van der Waals surface area contributed by atoms with Crippen LogP contribution in [0.15, 0.2) is 18.2 Å². The smallest absolute Gasteiger partial charge is 0.101 e. The highest BCUT2D eigenvalue weighted by atomic mass is 35.5. The molecular formula is C16H24Cl2N4O. The molecule has 0 amide bonds. The van der Waals surface area contributed by atoms with Crippen LogP contribution in [0.4, 0.5) is 11.4 Å². The molecule has 0 unspecified atom stereocenters. The van der Waals surface area contributed by atoms with Crippen molar-refractivity contribution in [1.82, 2.24) is 5.32 Å². The van der Waals surface area contributed by atoms with Gasteiger partial charge in [-0.25, -0.2) is 0 Å². The number of aliphatic hydroxyl groups excluding tert-OH is 1. The van der Waals surface area contributed by atoms with Crippen LogP contribution >= 0.6 is 24.8 Å². The molecule has 0 aliphatic carbocycles. The molecule has 2 atom stereocenters. The van der Waals surface area contributed by atoms with Gasteiger partial charge < -0.3 is 20.2 Å². The third-order valence-corrected chi connectivity index (χ3v) is 4.44. The van der Waals surface area contributed by atoms with E-state index < -0.39 is 0 Å². The maximum absolute atomic E-state index is 9.68. The molecule has 2 aliphatic rings. The quantitative estimate of drug-likeness (QED) is 0.843. The van der Waals surface area contributed by atoms with Gasteiger partial charge in [0.05, 0.1) is 17.4 Å². The van der Waals surface area contributed by atoms with Gasteiger partial charge in [-0.1, -0.05) is 0 Å². The van der Waals surface area contributed by atoms with E-state index in [-0.39, 0.29) is 30.9 Å². The van der Waals surface area contributed by atoms with Crippen LogP contribution in [0.25, 0.3) is 0 Å². The van der Waals surface area contributed by atoms with E-state index in [0.717, 1.165) is 44.0 Å². The Labute approximate surface area is 150 Å². The standard InChI is InChI=1S/C16H22N4O.2ClH/c1-12-10-18-5-7-20(12)14-2-3-16(13(8-14)9-17)19-6-4-15(21)11-19;;/h2-3,8,12,15,18,21H,4-7,10-11H2,1H3;2*1H/t12-,15-;;/m0../s1. The van der Waals surface area contributed by atoms with E-state index >= 15 is 0 Å². The monoisotopic (exact) mass is 358 g/mol. The summed E-state index contributed by atoms with van der Waals surface area (Å²) in [6.07, 6.45) is 0.506. The first-order chi connectivity index (χ1) is 10.2. The second kappa shape index (κ2) is 8.60. The molecule has 7 heteroatoms. The van der Waals surface area contributed by atoms with Crippen molar-refractivity contribution < 1.29 is 5.11 Å². The number of nitrogens with zero attached hydrogens (tertiary/aromatic N) is 3. The second-order valence-corrected chi connectivity index (χ2v) is 5.95. The highest BCUT2D eigenvalue weighted by Crippen LogP contribution is 2.29. The first-order valence-corrected chi connectivity index (χ1v) is 7.63. The number of nitriles is 1. The number of hydrogen-bond acceptors (Lipinski definition) is 5. The number of hydrogen-bond donors (Lipinski definition) is 2. The summed E-state index contributed by atoms with van der Waals surface area (Å²) in [7, 11) is 0. The zero-order valence-corrected chi connectivity index (χ0v) is 14.9. The summed E-state index contributed by atoms with van der Waals surface area (Å²) < 4.78 is 0. The Kier molecular flexibility index (Phi) is 7.43. The molecule has 2 heterocycles. The van der Waals surface area contributed by atoms with E-state index in [9.17, 15) is 10.4 Å². The van der Waals surface area contributed by atoms with Crippen molar-refractivity contribution in [1.29, 1.82) is 5.26 Å². The topological polar surface area (TPSA) is 62.5 Å². The zero-order valence-electron chi connectivity index (χ0n) is 13.2. The molecule has 1 aromatic carbocycles. The number of benzene rings is 1. The SMILES string of the molecule is C[C@H]1CNCCN1c1ccc(N2CC[C@H](O)C2)c(C#N)c1.Cl.Cl. The number of rotatable bonds is 2. The molecule has 0 spiro atoms. The van der Waals surface area contributed by atoms with E-state index in [2.05, 4.69) is 34.2 Å². The first-order valence-electron chi connectivity index (χ1n) is 7.63. The maximum atomic E-state index is 9.68. The van der Waals surface area contributed by atoms with E-state index in [1.807, 2.05) is 12.1 Å². The summed E-state index contributed by atoms with van der Waals surface area (Å²) in [5.74, 6) is 0. The Morgan fingerprint density at radius 3 is 2.70 bits per heavy atom. The summed E-state index contributed by atoms with van der Waals surface area (Å²) in [5, 5.41) is 22.5. The minimum absolute atomic E-state index is 0. The number of nitrogens with one attached hydrogen (secondary N) is 1. The Hall–Kier alpha value is -1.19. The van der Waals surface area contributed by atoms with Crippen LogP contribution in [0, 0.1) is 11.3 Å². The summed E-state index contributed by atoms with van der Waals surface area (Å²) in [6, 6.07) is 8.87. The van der Waals surface area contributed by atoms with Crippen molar-refractivity contribution in [3.05, 3.63) is 23.8 Å². The largest absolute Gasteiger partial charge is 0.391 e. The van der Waals surface area contributed by atoms with E-state index in [0.29, 0.717) is 18.2 Å². The molecule has 23 heavy (non-hydrogen) atoms. The number of piperazine rings is 1. The molecule has 1 aromatic rings. The molecule has 128 valence electrons. The highest BCUT2D eigenvalue weighted by Gasteiger charge is 2.24. The fourth-order valence-corrected chi connectivity index (χ4v) is 3.25. The van der Waals surface area contributed by atoms with Crippen LogP contribution in [0.5, 0.6) is 0 Å². The van der Waals surface area contributed by atoms with Crippen LogP contribution in [0.2, 0.25) is 0 Å². The Bertz CT molecular complexity index is 564. The minimum Gasteiger partial charge on any atom is -0.391 e. The Morgan fingerprint density at radius 1 is 1.30 bits per heavy atom. The summed E-state index contributed by atoms with van der Waals surface area (Å²) in [4.78, 5) is 4.45. The van der Waals surface area contributed by atoms with Crippen molar-refractivity contribution in [2.75, 3.05) is 42.5 Å². The Morgan fingerprint density at radius 2 is 2.09 bits per heavy atom. The molecule has 2 saturated heterocycles. The van der Waals surface area contributed by atoms with Crippen LogP contribution < -0.4 is 15.1 Å². The summed E-state index contributed by atoms with van der Waals surface area (Å²) in [5.41, 5.74) is 2.76. The van der Waals surface area contributed by atoms with Gasteiger partial charge in [0.15, 0.2) is 0 Å². The lowest BCUT2D eigenvalue weighted by atomic mass is 10.1. The van der Waals surface area contributed by atoms with Gasteiger partial charge >= 0.3 is 0 Å². The molecule has 3 rings (SSSR count). The molecular weight excluding hydrogens is 335 g/mol. The third kappa shape index (κ3) is 4.21. The molecule has 0 radical (unpaired) electrons. The minimum atomic E-state index is -0.274. The van der Waals surface area contributed by atoms with Crippen molar-refractivity contribution in [2.45, 2.75) is 25.5 Å². The summed E-state index contributed by atoms with van der Waals surface area (Å²) in [6.45, 7) is 6.56. The predicted octanol–water partition coefficient (Wildman–Crippen LogP) is 1.77. The average molecular weight is 359 g/mol. The molecule has 5 nitrogen and oxygen atoms in total. The summed E-state index contributed by atoms with van der Waals surface area (Å²) >= 11 is 0. The molecule has 2 N–H and O–H groups in total. The van der Waals surface area contributed by atoms with E-state index in [4.69, 9.17) is 0 Å². The molecule has 2 aliphatic heterocycles. The van der Waals surface area contributed by atoms with Gasteiger partial charge in [-0.3, -0.25) is 0 Å². The van der Waals surface area contributed by atoms with E-state index in [1.165, 1.54) is 0 Å². The van der Waals surface area contributed by atoms with E-state index in [1.54, 1.807) is 0 Å². The molecule has 0 aromatic heterocycles. The second-order valence-electron chi connectivity index (χ2n) is 5.95. The van der Waals surface area contributed by atoms with Crippen LogP contribution in [0.3, 0.4) is 0 Å². The van der Waals surface area contributed by atoms with Crippen molar-refractivity contribution in [3.63, 3.8) is 0 Å². The van der Waals surface area contributed by atoms with Gasteiger partial charge in [-0.15, -0.1) is 24.8 Å². The normalized spacial score (nSPS) is 23.7. The highest BCUT2D eigenvalue weighted by molar-refractivity contribution is 5.85. The predicted molar refractivity (Wildman–Crippen MR) is 98.2 cm³/mol. The van der Waals surface area contributed by atoms with Crippen molar-refractivity contribution in [3.8, 4) is 6.07 Å². The van der Waals surface area contributed by atoms with Gasteiger partial charge in [-0.2, -0.15) is 5.26 Å². The van der Waals surface area contributed by atoms with Gasteiger partial charge in [0.1, 0.15) is 6.07 Å². The number of aliphatic hydroxyl groups is 1. The molecule has 2 fully saturated rings. The van der Waals surface area contributed by atoms with Gasteiger partial charge in [0, 0.05) is 44.5 Å². The van der Waals surface area contributed by atoms with Crippen LogP contribution in [-0.4, -0.2) is 50.0 Å². The number of anilines is 2. The molecule has 0 saturated carbocycles. The molecule has 0 bridgehead atoms. The van der Waals surface area contributed by atoms with Crippen LogP contribution in [0.1, 0.15) is 18.9 Å². The van der Waals surface area contributed by atoms with Gasteiger partial charge in [0.25, 0.3) is 0 Å². The number of halogens is 2. The third-order valence-electron chi connectivity index (χ3n) is 4.44. The number of β-amino-alcohol motifs (C(OH)–C–C–N with tert-alkyl or cyclic N) is 1. The zero-order chi connectivity index (χ0) is 14.8. The fraction of sp³-hybridized carbons (Fsp3) is 0.562. The van der Waals surface area contributed by atoms with Crippen molar-refractivity contribution >= 4 is 36.2 Å².